The smallest absolute Gasteiger partial charge is 0.349 e. The van der Waals surface area contributed by atoms with Crippen molar-refractivity contribution in [3.05, 3.63) is 29.1 Å². The van der Waals surface area contributed by atoms with Crippen molar-refractivity contribution in [1.29, 1.82) is 0 Å². The molecule has 0 atom stereocenters. The standard InChI is InChI=1S/C12H12N4O4S/c1-20-7-4-2-6(3-5-7)14-12-16-9(15-11(13)19)8(21-12)10(17)18/h2-5H,1H3,(H,14,16)(H,17,18)(H3,13,15,19). The van der Waals surface area contributed by atoms with Crippen LogP contribution in [0.5, 0.6) is 5.75 Å². The molecule has 5 N–H and O–H groups in total. The number of hydrogen-bond acceptors (Lipinski definition) is 6. The van der Waals surface area contributed by atoms with Crippen LogP contribution in [0, 0.1) is 0 Å². The number of rotatable bonds is 5. The number of carbonyl (C=O) groups is 2. The van der Waals surface area contributed by atoms with Crippen LogP contribution in [0.1, 0.15) is 9.67 Å². The lowest BCUT2D eigenvalue weighted by Gasteiger charge is -2.03. The Balaban J connectivity index is 2.23. The summed E-state index contributed by atoms with van der Waals surface area (Å²) in [7, 11) is 1.56. The first kappa shape index (κ1) is 14.6. The number of primary amides is 1. The number of urea groups is 1. The number of carboxylic acid groups (broad SMARTS) is 1. The van der Waals surface area contributed by atoms with Gasteiger partial charge in [-0.3, -0.25) is 5.32 Å². The number of thiazole rings is 1. The maximum Gasteiger partial charge on any atom is 0.349 e. The highest BCUT2D eigenvalue weighted by Crippen LogP contribution is 2.29. The van der Waals surface area contributed by atoms with Crippen LogP contribution in [0.2, 0.25) is 0 Å². The van der Waals surface area contributed by atoms with Crippen LogP contribution in [0.25, 0.3) is 0 Å². The van der Waals surface area contributed by atoms with E-state index in [1.165, 1.54) is 0 Å². The second-order valence-electron chi connectivity index (χ2n) is 3.84. The van der Waals surface area contributed by atoms with E-state index in [0.29, 0.717) is 16.6 Å². The Labute approximate surface area is 123 Å². The highest BCUT2D eigenvalue weighted by molar-refractivity contribution is 7.18. The molecule has 21 heavy (non-hydrogen) atoms. The molecule has 1 heterocycles. The van der Waals surface area contributed by atoms with E-state index in [-0.39, 0.29) is 10.7 Å². The Hall–Kier alpha value is -2.81. The molecule has 110 valence electrons. The quantitative estimate of drug-likeness (QED) is 0.670. The number of benzene rings is 1. The average Bonchev–Trinajstić information content (AvgIpc) is 2.81. The molecule has 0 spiro atoms. The van der Waals surface area contributed by atoms with Gasteiger partial charge in [-0.2, -0.15) is 0 Å². The van der Waals surface area contributed by atoms with Gasteiger partial charge in [0, 0.05) is 5.69 Å². The maximum atomic E-state index is 11.1. The van der Waals surface area contributed by atoms with E-state index in [0.717, 1.165) is 11.3 Å². The van der Waals surface area contributed by atoms with Crippen molar-refractivity contribution in [2.24, 2.45) is 5.73 Å². The van der Waals surface area contributed by atoms with Gasteiger partial charge in [-0.15, -0.1) is 0 Å². The van der Waals surface area contributed by atoms with Gasteiger partial charge in [0.25, 0.3) is 0 Å². The van der Waals surface area contributed by atoms with Crippen molar-refractivity contribution >= 4 is 40.0 Å². The van der Waals surface area contributed by atoms with Crippen molar-refractivity contribution in [2.75, 3.05) is 17.7 Å². The number of nitrogens with zero attached hydrogens (tertiary/aromatic N) is 1. The van der Waals surface area contributed by atoms with Crippen LogP contribution in [0.3, 0.4) is 0 Å². The summed E-state index contributed by atoms with van der Waals surface area (Å²) in [5.74, 6) is -0.586. The molecule has 0 radical (unpaired) electrons. The Bertz CT molecular complexity index is 668. The lowest BCUT2D eigenvalue weighted by molar-refractivity contribution is 0.0703. The molecule has 0 aliphatic heterocycles. The molecule has 0 aliphatic rings. The predicted octanol–water partition coefficient (Wildman–Crippen LogP) is 2.08. The van der Waals surface area contributed by atoms with Gasteiger partial charge in [-0.25, -0.2) is 14.6 Å². The Kier molecular flexibility index (Phi) is 4.24. The van der Waals surface area contributed by atoms with Crippen molar-refractivity contribution in [1.82, 2.24) is 4.98 Å². The van der Waals surface area contributed by atoms with Crippen LogP contribution >= 0.6 is 11.3 Å². The van der Waals surface area contributed by atoms with Gasteiger partial charge in [0.1, 0.15) is 5.75 Å². The minimum Gasteiger partial charge on any atom is -0.497 e. The summed E-state index contributed by atoms with van der Waals surface area (Å²) in [6.45, 7) is 0. The van der Waals surface area contributed by atoms with Gasteiger partial charge in [0.15, 0.2) is 15.8 Å². The third-order valence-electron chi connectivity index (χ3n) is 2.40. The average molecular weight is 308 g/mol. The number of nitrogens with two attached hydrogens (primary N) is 1. The van der Waals surface area contributed by atoms with E-state index >= 15 is 0 Å². The molecule has 0 aliphatic carbocycles. The molecule has 2 aromatic rings. The van der Waals surface area contributed by atoms with Gasteiger partial charge in [-0.05, 0) is 24.3 Å². The van der Waals surface area contributed by atoms with E-state index in [1.54, 1.807) is 31.4 Å². The number of amides is 2. The van der Waals surface area contributed by atoms with Crippen molar-refractivity contribution < 1.29 is 19.4 Å². The summed E-state index contributed by atoms with van der Waals surface area (Å²) >= 11 is 0.891. The van der Waals surface area contributed by atoms with E-state index in [9.17, 15) is 9.59 Å². The van der Waals surface area contributed by atoms with Crippen LogP contribution < -0.4 is 21.1 Å². The lowest BCUT2D eigenvalue weighted by atomic mass is 10.3. The molecule has 0 saturated carbocycles. The van der Waals surface area contributed by atoms with E-state index < -0.39 is 12.0 Å². The third-order valence-corrected chi connectivity index (χ3v) is 3.36. The molecule has 1 aromatic carbocycles. The predicted molar refractivity (Wildman–Crippen MR) is 78.6 cm³/mol. The molecule has 2 amide bonds. The summed E-state index contributed by atoms with van der Waals surface area (Å²) < 4.78 is 5.04. The van der Waals surface area contributed by atoms with Gasteiger partial charge in [0.05, 0.1) is 7.11 Å². The second kappa shape index (κ2) is 6.09. The first-order valence-corrected chi connectivity index (χ1v) is 6.53. The van der Waals surface area contributed by atoms with Crippen LogP contribution in [0.4, 0.5) is 21.4 Å². The van der Waals surface area contributed by atoms with Gasteiger partial charge >= 0.3 is 12.0 Å². The van der Waals surface area contributed by atoms with E-state index in [4.69, 9.17) is 15.6 Å². The van der Waals surface area contributed by atoms with Gasteiger partial charge < -0.3 is 20.9 Å². The van der Waals surface area contributed by atoms with Gasteiger partial charge in [0.2, 0.25) is 0 Å². The highest BCUT2D eigenvalue weighted by atomic mass is 32.1. The monoisotopic (exact) mass is 308 g/mol. The fraction of sp³-hybridized carbons (Fsp3) is 0.0833. The molecule has 0 bridgehead atoms. The zero-order chi connectivity index (χ0) is 15.4. The fourth-order valence-electron chi connectivity index (χ4n) is 1.52. The summed E-state index contributed by atoms with van der Waals surface area (Å²) in [5.41, 5.74) is 5.68. The van der Waals surface area contributed by atoms with E-state index in [1.807, 2.05) is 0 Å². The Morgan fingerprint density at radius 1 is 1.33 bits per heavy atom. The number of methoxy groups -OCH3 is 1. The molecule has 1 aromatic heterocycles. The molecule has 2 rings (SSSR count). The topological polar surface area (TPSA) is 127 Å². The molecule has 0 unspecified atom stereocenters. The highest BCUT2D eigenvalue weighted by Gasteiger charge is 2.18. The molecule has 0 saturated heterocycles. The van der Waals surface area contributed by atoms with Crippen molar-refractivity contribution in [3.63, 3.8) is 0 Å². The zero-order valence-electron chi connectivity index (χ0n) is 10.9. The third kappa shape index (κ3) is 3.60. The lowest BCUT2D eigenvalue weighted by Crippen LogP contribution is -2.20. The fourth-order valence-corrected chi connectivity index (χ4v) is 2.30. The number of nitrogens with one attached hydrogen (secondary N) is 2. The number of carbonyl (C=O) groups excluding carboxylic acids is 1. The molecule has 8 nitrogen and oxygen atoms in total. The first-order valence-electron chi connectivity index (χ1n) is 5.71. The summed E-state index contributed by atoms with van der Waals surface area (Å²) in [4.78, 5) is 25.8. The number of hydrogen-bond donors (Lipinski definition) is 4. The number of anilines is 3. The number of aromatic nitrogens is 1. The minimum absolute atomic E-state index is 0.0870. The SMILES string of the molecule is COc1ccc(Nc2nc(NC(N)=O)c(C(=O)O)s2)cc1. The van der Waals surface area contributed by atoms with Crippen molar-refractivity contribution in [2.45, 2.75) is 0 Å². The largest absolute Gasteiger partial charge is 0.497 e. The Morgan fingerprint density at radius 3 is 2.52 bits per heavy atom. The molecular weight excluding hydrogens is 296 g/mol. The van der Waals surface area contributed by atoms with Crippen LogP contribution in [0.15, 0.2) is 24.3 Å². The van der Waals surface area contributed by atoms with Gasteiger partial charge in [-0.1, -0.05) is 11.3 Å². The molecular formula is C12H12N4O4S. The molecule has 0 fully saturated rings. The minimum atomic E-state index is -1.20. The van der Waals surface area contributed by atoms with Crippen LogP contribution in [-0.2, 0) is 0 Å². The summed E-state index contributed by atoms with van der Waals surface area (Å²) in [5, 5.41) is 14.5. The number of ether oxygens (including phenoxy) is 1. The van der Waals surface area contributed by atoms with Crippen LogP contribution in [-0.4, -0.2) is 29.2 Å². The normalized spacial score (nSPS) is 9.95. The van der Waals surface area contributed by atoms with E-state index in [2.05, 4.69) is 15.6 Å². The summed E-state index contributed by atoms with van der Waals surface area (Å²) in [6.07, 6.45) is 0. The first-order chi connectivity index (χ1) is 9.99. The zero-order valence-corrected chi connectivity index (χ0v) is 11.7. The number of aromatic carboxylic acids is 1. The second-order valence-corrected chi connectivity index (χ2v) is 4.84. The number of carboxylic acids is 1. The maximum absolute atomic E-state index is 11.1. The van der Waals surface area contributed by atoms with Crippen molar-refractivity contribution in [3.8, 4) is 5.75 Å². The summed E-state index contributed by atoms with van der Waals surface area (Å²) in [6, 6.07) is 6.12. The Morgan fingerprint density at radius 2 is 2.00 bits per heavy atom. The molecule has 9 heteroatoms.